The summed E-state index contributed by atoms with van der Waals surface area (Å²) < 4.78 is 4.45. The monoisotopic (exact) mass is 172 g/mol. The van der Waals surface area contributed by atoms with E-state index in [9.17, 15) is 9.59 Å². The van der Waals surface area contributed by atoms with Crippen LogP contribution >= 0.6 is 0 Å². The number of ether oxygens (including phenoxy) is 1. The van der Waals surface area contributed by atoms with Crippen LogP contribution < -0.4 is 0 Å². The van der Waals surface area contributed by atoms with Crippen molar-refractivity contribution in [3.63, 3.8) is 0 Å². The molecule has 1 N–H and O–H groups in total. The summed E-state index contributed by atoms with van der Waals surface area (Å²) in [5.74, 6) is -1.74. The Balaban J connectivity index is 3.75. The Morgan fingerprint density at radius 1 is 1.33 bits per heavy atom. The van der Waals surface area contributed by atoms with Gasteiger partial charge in [-0.3, -0.25) is 4.89 Å². The van der Waals surface area contributed by atoms with Crippen LogP contribution in [0, 0.1) is 0 Å². The average Bonchev–Trinajstić information content (AvgIpc) is 2.10. The first-order valence-corrected chi connectivity index (χ1v) is 3.01. The smallest absolute Gasteiger partial charge is 0.365 e. The van der Waals surface area contributed by atoms with Crippen molar-refractivity contribution in [1.29, 1.82) is 0 Å². The zero-order valence-corrected chi connectivity index (χ0v) is 6.23. The van der Waals surface area contributed by atoms with E-state index in [1.54, 1.807) is 0 Å². The van der Waals surface area contributed by atoms with E-state index in [-0.39, 0.29) is 6.61 Å². The van der Waals surface area contributed by atoms with Crippen LogP contribution in [-0.4, -0.2) is 23.8 Å². The fourth-order valence-corrected chi connectivity index (χ4v) is 0.356. The maximum absolute atomic E-state index is 10.6. The van der Waals surface area contributed by atoms with Crippen LogP contribution in [0.3, 0.4) is 0 Å². The Bertz CT molecular complexity index is 206. The summed E-state index contributed by atoms with van der Waals surface area (Å²) in [6, 6.07) is 0. The van der Waals surface area contributed by atoms with Gasteiger partial charge in [0.1, 0.15) is 6.61 Å². The minimum atomic E-state index is -1.04. The van der Waals surface area contributed by atoms with Crippen LogP contribution in [0.5, 0.6) is 0 Å². The van der Waals surface area contributed by atoms with Gasteiger partial charge in [-0.05, 0) is 0 Å². The molecule has 0 aromatic rings. The molecule has 0 unspecified atom stereocenters. The normalized spacial score (nSPS) is 9.42. The van der Waals surface area contributed by atoms with E-state index in [0.717, 1.165) is 12.2 Å². The average molecular weight is 172 g/mol. The van der Waals surface area contributed by atoms with Crippen molar-refractivity contribution in [2.75, 3.05) is 6.61 Å². The Kier molecular flexibility index (Phi) is 5.29. The van der Waals surface area contributed by atoms with Crippen molar-refractivity contribution in [3.8, 4) is 0 Å². The third-order valence-corrected chi connectivity index (χ3v) is 0.789. The van der Waals surface area contributed by atoms with Gasteiger partial charge in [0.05, 0.1) is 0 Å². The molecule has 0 bridgehead atoms. The van der Waals surface area contributed by atoms with Crippen molar-refractivity contribution in [1.82, 2.24) is 0 Å². The van der Waals surface area contributed by atoms with E-state index < -0.39 is 11.9 Å². The maximum atomic E-state index is 10.6. The number of hydrogen-bond acceptors (Lipinski definition) is 5. The van der Waals surface area contributed by atoms with Gasteiger partial charge in [-0.25, -0.2) is 9.59 Å². The lowest BCUT2D eigenvalue weighted by Crippen LogP contribution is -2.02. The molecular formula is C7H8O5. The Morgan fingerprint density at radius 2 is 1.92 bits per heavy atom. The summed E-state index contributed by atoms with van der Waals surface area (Å²) >= 11 is 0. The fraction of sp³-hybridized carbons (Fsp3) is 0.143. The summed E-state index contributed by atoms with van der Waals surface area (Å²) in [4.78, 5) is 24.0. The van der Waals surface area contributed by atoms with E-state index >= 15 is 0 Å². The highest BCUT2D eigenvalue weighted by Crippen LogP contribution is 1.83. The van der Waals surface area contributed by atoms with Gasteiger partial charge in [0.15, 0.2) is 0 Å². The molecule has 0 aliphatic rings. The molecule has 0 amide bonds. The standard InChI is InChI=1S/C7H8O5/c1-2-5-11-6(8)3-4-7(9)12-10/h2-4,10H,1,5H2. The van der Waals surface area contributed by atoms with Crippen molar-refractivity contribution >= 4 is 11.9 Å². The van der Waals surface area contributed by atoms with Gasteiger partial charge in [0, 0.05) is 12.2 Å². The Morgan fingerprint density at radius 3 is 2.42 bits per heavy atom. The second-order valence-electron chi connectivity index (χ2n) is 1.66. The minimum absolute atomic E-state index is 0.0668. The molecule has 0 saturated carbocycles. The number of carbonyl (C=O) groups is 2. The van der Waals surface area contributed by atoms with Gasteiger partial charge in [0.25, 0.3) is 0 Å². The molecule has 0 atom stereocenters. The largest absolute Gasteiger partial charge is 0.458 e. The summed E-state index contributed by atoms with van der Waals surface area (Å²) in [5, 5.41) is 7.75. The lowest BCUT2D eigenvalue weighted by Gasteiger charge is -1.93. The van der Waals surface area contributed by atoms with E-state index in [1.165, 1.54) is 6.08 Å². The SMILES string of the molecule is C=CCOC(=O)C=CC(=O)OO. The van der Waals surface area contributed by atoms with Gasteiger partial charge < -0.3 is 4.74 Å². The quantitative estimate of drug-likeness (QED) is 0.217. The molecular weight excluding hydrogens is 164 g/mol. The topological polar surface area (TPSA) is 72.8 Å². The van der Waals surface area contributed by atoms with Crippen molar-refractivity contribution < 1.29 is 24.5 Å². The van der Waals surface area contributed by atoms with E-state index in [0.29, 0.717) is 0 Å². The fourth-order valence-electron chi connectivity index (χ4n) is 0.356. The number of esters is 1. The zero-order chi connectivity index (χ0) is 9.40. The molecule has 0 aliphatic heterocycles. The van der Waals surface area contributed by atoms with Crippen molar-refractivity contribution in [2.24, 2.45) is 0 Å². The minimum Gasteiger partial charge on any atom is -0.458 e. The molecule has 12 heavy (non-hydrogen) atoms. The molecule has 0 rings (SSSR count). The van der Waals surface area contributed by atoms with Gasteiger partial charge in [-0.2, -0.15) is 5.26 Å². The Hall–Kier alpha value is -1.62. The lowest BCUT2D eigenvalue weighted by atomic mass is 10.5. The molecule has 0 radical (unpaired) electrons. The van der Waals surface area contributed by atoms with E-state index in [2.05, 4.69) is 16.2 Å². The molecule has 0 aromatic heterocycles. The second-order valence-corrected chi connectivity index (χ2v) is 1.66. The molecule has 0 spiro atoms. The van der Waals surface area contributed by atoms with Gasteiger partial charge in [0.2, 0.25) is 0 Å². The van der Waals surface area contributed by atoms with Gasteiger partial charge in [-0.1, -0.05) is 12.7 Å². The highest BCUT2D eigenvalue weighted by molar-refractivity contribution is 5.91. The molecule has 5 heteroatoms. The summed E-state index contributed by atoms with van der Waals surface area (Å²) in [6.45, 7) is 3.38. The molecule has 66 valence electrons. The highest BCUT2D eigenvalue weighted by Gasteiger charge is 1.97. The third-order valence-electron chi connectivity index (χ3n) is 0.789. The van der Waals surface area contributed by atoms with E-state index in [4.69, 9.17) is 5.26 Å². The Labute approximate surface area is 68.8 Å². The maximum Gasteiger partial charge on any atom is 0.365 e. The predicted molar refractivity (Wildman–Crippen MR) is 39.0 cm³/mol. The summed E-state index contributed by atoms with van der Waals surface area (Å²) in [6.07, 6.45) is 2.96. The molecule has 0 fully saturated rings. The molecule has 0 saturated heterocycles. The predicted octanol–water partition coefficient (Wildman–Crippen LogP) is 0.288. The van der Waals surface area contributed by atoms with Crippen LogP contribution in [0.4, 0.5) is 0 Å². The molecule has 0 heterocycles. The molecule has 0 aromatic carbocycles. The molecule has 5 nitrogen and oxygen atoms in total. The first-order valence-electron chi connectivity index (χ1n) is 3.01. The number of rotatable bonds is 4. The summed E-state index contributed by atoms with van der Waals surface area (Å²) in [7, 11) is 0. The van der Waals surface area contributed by atoms with Gasteiger partial charge in [-0.15, -0.1) is 0 Å². The van der Waals surface area contributed by atoms with Crippen LogP contribution in [0.2, 0.25) is 0 Å². The van der Waals surface area contributed by atoms with Crippen LogP contribution in [-0.2, 0) is 19.2 Å². The van der Waals surface area contributed by atoms with Crippen molar-refractivity contribution in [2.45, 2.75) is 0 Å². The first-order chi connectivity index (χ1) is 5.70. The zero-order valence-electron chi connectivity index (χ0n) is 6.23. The molecule has 0 aliphatic carbocycles. The number of hydrogen-bond donors (Lipinski definition) is 1. The first kappa shape index (κ1) is 10.4. The third kappa shape index (κ3) is 5.19. The van der Waals surface area contributed by atoms with Crippen molar-refractivity contribution in [3.05, 3.63) is 24.8 Å². The van der Waals surface area contributed by atoms with Gasteiger partial charge >= 0.3 is 11.9 Å². The van der Waals surface area contributed by atoms with Crippen LogP contribution in [0.15, 0.2) is 24.8 Å². The second kappa shape index (κ2) is 6.11. The highest BCUT2D eigenvalue weighted by atomic mass is 17.1. The number of carbonyl (C=O) groups excluding carboxylic acids is 2. The van der Waals surface area contributed by atoms with Crippen LogP contribution in [0.25, 0.3) is 0 Å². The van der Waals surface area contributed by atoms with E-state index in [1.807, 2.05) is 0 Å². The lowest BCUT2D eigenvalue weighted by molar-refractivity contribution is -0.228. The summed E-state index contributed by atoms with van der Waals surface area (Å²) in [5.41, 5.74) is 0. The van der Waals surface area contributed by atoms with Crippen LogP contribution in [0.1, 0.15) is 0 Å².